The molecular formula is C25H27N5O7. The summed E-state index contributed by atoms with van der Waals surface area (Å²) in [5, 5.41) is 36.6. The van der Waals surface area contributed by atoms with Crippen molar-refractivity contribution in [2.24, 2.45) is 22.4 Å². The van der Waals surface area contributed by atoms with Gasteiger partial charge in [0, 0.05) is 11.6 Å². The van der Waals surface area contributed by atoms with Crippen molar-refractivity contribution in [3.05, 3.63) is 72.7 Å². The number of nitrogens with zero attached hydrogens (tertiary/aromatic N) is 3. The Morgan fingerprint density at radius 2 is 1.89 bits per heavy atom. The molecule has 3 aliphatic carbocycles. The van der Waals surface area contributed by atoms with Crippen LogP contribution in [0.25, 0.3) is 5.70 Å². The zero-order valence-electron chi connectivity index (χ0n) is 20.3. The van der Waals surface area contributed by atoms with Gasteiger partial charge in [-0.1, -0.05) is 18.2 Å². The fraction of sp³-hybridized carbons (Fsp3) is 0.440. The minimum atomic E-state index is -0.691. The Morgan fingerprint density at radius 1 is 1.11 bits per heavy atom. The van der Waals surface area contributed by atoms with E-state index in [0.717, 1.165) is 42.9 Å². The van der Waals surface area contributed by atoms with Crippen LogP contribution in [0.15, 0.2) is 41.6 Å². The highest BCUT2D eigenvalue weighted by atomic mass is 16.6. The van der Waals surface area contributed by atoms with Gasteiger partial charge in [-0.05, 0) is 72.6 Å². The van der Waals surface area contributed by atoms with Crippen LogP contribution in [-0.2, 0) is 0 Å². The monoisotopic (exact) mass is 509 g/mol. The van der Waals surface area contributed by atoms with Crippen LogP contribution in [0.4, 0.5) is 17.1 Å². The summed E-state index contributed by atoms with van der Waals surface area (Å²) in [7, 11) is 1.49. The molecule has 194 valence electrons. The van der Waals surface area contributed by atoms with Crippen LogP contribution in [0.1, 0.15) is 49.7 Å². The Kier molecular flexibility index (Phi) is 5.97. The number of nitroso groups, excluding NO2 is 1. The summed E-state index contributed by atoms with van der Waals surface area (Å²) in [6.45, 7) is 2.14. The van der Waals surface area contributed by atoms with Crippen molar-refractivity contribution in [1.82, 2.24) is 5.43 Å². The highest BCUT2D eigenvalue weighted by molar-refractivity contribution is 5.75. The van der Waals surface area contributed by atoms with Crippen molar-refractivity contribution in [3.8, 4) is 11.5 Å². The third-order valence-corrected chi connectivity index (χ3v) is 8.53. The molecule has 37 heavy (non-hydrogen) atoms. The number of allylic oxidation sites excluding steroid dienone is 1. The third-order valence-electron chi connectivity index (χ3n) is 8.53. The second-order valence-corrected chi connectivity index (χ2v) is 10.2. The zero-order valence-corrected chi connectivity index (χ0v) is 20.3. The number of nitro groups is 2. The highest BCUT2D eigenvalue weighted by Crippen LogP contribution is 2.61. The summed E-state index contributed by atoms with van der Waals surface area (Å²) in [5.74, 6) is 0.744. The molecular weight excluding hydrogens is 482 g/mol. The van der Waals surface area contributed by atoms with Crippen LogP contribution in [-0.4, -0.2) is 28.1 Å². The average molecular weight is 510 g/mol. The molecule has 2 fully saturated rings. The molecule has 5 atom stereocenters. The summed E-state index contributed by atoms with van der Waals surface area (Å²) in [4.78, 5) is 32.9. The standard InChI is InChI=1S/C25H27N5O7/c1-25-8-7-14-15-12-23(37-2)22(31)11-17(15)20(10-16(14)18(25)4-6-24(25)28-32)27-26-19-5-3-13(29(33)34)9-21(19)30(35)36/h3,5,9-12,14,16,18,24,26-27,31H,4,6-8H2,1-2H3/t14-,16-,18+,24?,25+/m1/s1. The maximum Gasteiger partial charge on any atom is 0.300 e. The molecule has 12 heteroatoms. The topological polar surface area (TPSA) is 169 Å². The second kappa shape index (κ2) is 9.02. The Morgan fingerprint density at radius 3 is 2.57 bits per heavy atom. The molecule has 0 bridgehead atoms. The summed E-state index contributed by atoms with van der Waals surface area (Å²) in [6.07, 6.45) is 5.38. The third kappa shape index (κ3) is 3.92. The molecule has 0 amide bonds. The van der Waals surface area contributed by atoms with Crippen LogP contribution in [0.3, 0.4) is 0 Å². The number of fused-ring (bicyclic) bond motifs is 5. The Balaban J connectivity index is 1.54. The van der Waals surface area contributed by atoms with Crippen LogP contribution < -0.4 is 15.6 Å². The number of aromatic hydroxyl groups is 1. The predicted octanol–water partition coefficient (Wildman–Crippen LogP) is 5.23. The largest absolute Gasteiger partial charge is 0.504 e. The number of phenols is 1. The number of nitro benzene ring substituents is 2. The molecule has 5 rings (SSSR count). The summed E-state index contributed by atoms with van der Waals surface area (Å²) in [6, 6.07) is 6.56. The molecule has 0 radical (unpaired) electrons. The average Bonchev–Trinajstić information content (AvgIpc) is 3.23. The predicted molar refractivity (Wildman–Crippen MR) is 135 cm³/mol. The van der Waals surface area contributed by atoms with Crippen LogP contribution in [0, 0.1) is 42.4 Å². The van der Waals surface area contributed by atoms with E-state index >= 15 is 0 Å². The number of hydrazine groups is 1. The molecule has 0 saturated heterocycles. The van der Waals surface area contributed by atoms with Gasteiger partial charge >= 0.3 is 5.69 Å². The van der Waals surface area contributed by atoms with Gasteiger partial charge < -0.3 is 15.3 Å². The van der Waals surface area contributed by atoms with E-state index in [0.29, 0.717) is 11.4 Å². The van der Waals surface area contributed by atoms with Gasteiger partial charge in [0.05, 0.1) is 34.8 Å². The molecule has 0 aliphatic heterocycles. The highest BCUT2D eigenvalue weighted by Gasteiger charge is 2.55. The van der Waals surface area contributed by atoms with E-state index in [2.05, 4.69) is 29.0 Å². The molecule has 0 spiro atoms. The van der Waals surface area contributed by atoms with E-state index in [1.165, 1.54) is 19.2 Å². The van der Waals surface area contributed by atoms with E-state index in [4.69, 9.17) is 4.74 Å². The first-order valence-electron chi connectivity index (χ1n) is 12.1. The fourth-order valence-corrected chi connectivity index (χ4v) is 6.64. The van der Waals surface area contributed by atoms with Gasteiger partial charge in [-0.2, -0.15) is 4.91 Å². The maximum absolute atomic E-state index is 11.6. The van der Waals surface area contributed by atoms with Crippen LogP contribution in [0.5, 0.6) is 11.5 Å². The van der Waals surface area contributed by atoms with Gasteiger partial charge in [0.1, 0.15) is 5.69 Å². The van der Waals surface area contributed by atoms with Gasteiger partial charge in [-0.25, -0.2) is 0 Å². The fourth-order valence-electron chi connectivity index (χ4n) is 6.64. The summed E-state index contributed by atoms with van der Waals surface area (Å²) in [5.41, 5.74) is 7.21. The number of non-ortho nitro benzene ring substituents is 1. The minimum absolute atomic E-state index is 0.0413. The molecule has 2 aromatic carbocycles. The van der Waals surface area contributed by atoms with E-state index < -0.39 is 15.5 Å². The Hall–Kier alpha value is -4.22. The lowest BCUT2D eigenvalue weighted by Crippen LogP contribution is -2.43. The number of ether oxygens (including phenoxy) is 1. The number of hydrogen-bond donors (Lipinski definition) is 3. The number of hydrogen-bond acceptors (Lipinski definition) is 10. The Bertz CT molecular complexity index is 1330. The zero-order chi connectivity index (χ0) is 26.5. The maximum atomic E-state index is 11.6. The second-order valence-electron chi connectivity index (χ2n) is 10.2. The van der Waals surface area contributed by atoms with Crippen molar-refractivity contribution in [1.29, 1.82) is 0 Å². The molecule has 0 aromatic heterocycles. The smallest absolute Gasteiger partial charge is 0.300 e. The summed E-state index contributed by atoms with van der Waals surface area (Å²) >= 11 is 0. The SMILES string of the molecule is COc1cc2c(cc1O)C(NNc1ccc([N+](=O)[O-])cc1[N+](=O)[O-])=C[C@@H]1[C@@H]2CC[C@]2(C)C(N=O)CC[C@@H]12. The minimum Gasteiger partial charge on any atom is -0.504 e. The van der Waals surface area contributed by atoms with E-state index in [1.54, 1.807) is 6.07 Å². The van der Waals surface area contributed by atoms with Crippen LogP contribution in [0.2, 0.25) is 0 Å². The molecule has 2 aromatic rings. The van der Waals surface area contributed by atoms with Gasteiger partial charge in [0.2, 0.25) is 0 Å². The van der Waals surface area contributed by atoms with Gasteiger partial charge in [0.25, 0.3) is 5.69 Å². The normalized spacial score (nSPS) is 27.7. The summed E-state index contributed by atoms with van der Waals surface area (Å²) < 4.78 is 5.38. The number of nitrogens with one attached hydrogen (secondary N) is 2. The molecule has 0 heterocycles. The molecule has 1 unspecified atom stereocenters. The quantitative estimate of drug-likeness (QED) is 0.257. The molecule has 2 saturated carbocycles. The first-order valence-corrected chi connectivity index (χ1v) is 12.1. The Labute approximate surface area is 212 Å². The first kappa shape index (κ1) is 24.5. The lowest BCUT2D eigenvalue weighted by atomic mass is 9.56. The van der Waals surface area contributed by atoms with Crippen molar-refractivity contribution in [3.63, 3.8) is 0 Å². The van der Waals surface area contributed by atoms with Crippen molar-refractivity contribution < 1.29 is 19.7 Å². The number of phenolic OH excluding ortho intramolecular Hbond substituents is 1. The number of anilines is 1. The van der Waals surface area contributed by atoms with E-state index in [-0.39, 0.29) is 46.3 Å². The van der Waals surface area contributed by atoms with Gasteiger partial charge in [-0.15, -0.1) is 0 Å². The van der Waals surface area contributed by atoms with E-state index in [1.807, 2.05) is 6.07 Å². The lowest BCUT2D eigenvalue weighted by Gasteiger charge is -2.48. The van der Waals surface area contributed by atoms with Crippen molar-refractivity contribution in [2.45, 2.75) is 44.6 Å². The number of rotatable bonds is 7. The molecule has 12 nitrogen and oxygen atoms in total. The van der Waals surface area contributed by atoms with Gasteiger partial charge in [0.15, 0.2) is 11.5 Å². The van der Waals surface area contributed by atoms with Gasteiger partial charge in [-0.3, -0.25) is 25.7 Å². The van der Waals surface area contributed by atoms with E-state index in [9.17, 15) is 30.2 Å². The molecule has 3 N–H and O–H groups in total. The first-order chi connectivity index (χ1) is 17.7. The van der Waals surface area contributed by atoms with Crippen LogP contribution >= 0.6 is 0 Å². The lowest BCUT2D eigenvalue weighted by molar-refractivity contribution is -0.393. The van der Waals surface area contributed by atoms with Crippen molar-refractivity contribution >= 4 is 22.8 Å². The number of methoxy groups -OCH3 is 1. The van der Waals surface area contributed by atoms with Crippen molar-refractivity contribution in [2.75, 3.05) is 12.5 Å². The molecule has 3 aliphatic rings. The number of benzene rings is 2.